The van der Waals surface area contributed by atoms with Gasteiger partial charge in [0.1, 0.15) is 11.6 Å². The molecule has 0 radical (unpaired) electrons. The highest BCUT2D eigenvalue weighted by molar-refractivity contribution is 5.79. The van der Waals surface area contributed by atoms with Gasteiger partial charge in [-0.25, -0.2) is 0 Å². The summed E-state index contributed by atoms with van der Waals surface area (Å²) in [6.45, 7) is 17.1. The van der Waals surface area contributed by atoms with E-state index in [0.29, 0.717) is 11.8 Å². The molecule has 2 heterocycles. The van der Waals surface area contributed by atoms with Crippen LogP contribution in [0.3, 0.4) is 0 Å². The van der Waals surface area contributed by atoms with E-state index in [1.54, 1.807) is 6.26 Å². The van der Waals surface area contributed by atoms with Crippen molar-refractivity contribution in [2.45, 2.75) is 112 Å². The van der Waals surface area contributed by atoms with Crippen molar-refractivity contribution in [3.8, 4) is 0 Å². The number of hydrogen-bond acceptors (Lipinski definition) is 4. The van der Waals surface area contributed by atoms with E-state index in [1.165, 1.54) is 16.7 Å². The van der Waals surface area contributed by atoms with Crippen LogP contribution >= 0.6 is 0 Å². The van der Waals surface area contributed by atoms with E-state index in [4.69, 9.17) is 15.2 Å². The predicted molar refractivity (Wildman–Crippen MR) is 161 cm³/mol. The van der Waals surface area contributed by atoms with E-state index >= 15 is 0 Å². The Kier molecular flexibility index (Phi) is 5.41. The van der Waals surface area contributed by atoms with Crippen molar-refractivity contribution < 1.29 is 14.3 Å². The van der Waals surface area contributed by atoms with Crippen LogP contribution in [0.2, 0.25) is 0 Å². The number of nitrogen functional groups attached to an aromatic ring is 1. The largest absolute Gasteiger partial charge is 0.481 e. The van der Waals surface area contributed by atoms with Gasteiger partial charge in [0.05, 0.1) is 17.4 Å². The summed E-state index contributed by atoms with van der Waals surface area (Å²) in [5, 5.41) is 18.7. The molecular weight excluding hydrogens is 510 g/mol. The number of nitrogens with one attached hydrogen (secondary N) is 1. The van der Waals surface area contributed by atoms with Crippen LogP contribution in [-0.4, -0.2) is 21.3 Å². The lowest BCUT2D eigenvalue weighted by Gasteiger charge is -2.71. The van der Waals surface area contributed by atoms with Crippen LogP contribution in [0.4, 0.5) is 5.82 Å². The predicted octanol–water partition coefficient (Wildman–Crippen LogP) is 8.01. The Bertz CT molecular complexity index is 1450. The standard InChI is InChI=1S/C35H49N3O3/c1-30(2)12-14-35(29(39)40)15-13-34(7)26(22(35)19-30)20(23-9-8-16-41-23)17-25-32(5)18-21-27(37-38-28(21)36)31(3,4)24(32)10-11-33(25,34)6/h8-9,16,22,24-25H,10-15,17-19H2,1-7H3,(H,39,40)(H3,36,37,38). The fourth-order valence-corrected chi connectivity index (χ4v) is 11.9. The second-order valence-corrected chi connectivity index (χ2v) is 16.7. The van der Waals surface area contributed by atoms with Crippen LogP contribution in [-0.2, 0) is 16.6 Å². The van der Waals surface area contributed by atoms with E-state index in [-0.39, 0.29) is 33.0 Å². The molecule has 7 atom stereocenters. The Morgan fingerprint density at radius 1 is 1.05 bits per heavy atom. The number of nitrogens with zero attached hydrogens (tertiary/aromatic N) is 1. The Balaban J connectivity index is 1.47. The van der Waals surface area contributed by atoms with Crippen LogP contribution in [0.15, 0.2) is 28.4 Å². The Labute approximate surface area is 244 Å². The van der Waals surface area contributed by atoms with Crippen LogP contribution in [0.5, 0.6) is 0 Å². The first-order valence-corrected chi connectivity index (χ1v) is 15.9. The minimum Gasteiger partial charge on any atom is -0.481 e. The normalized spacial score (nSPS) is 42.4. The van der Waals surface area contributed by atoms with E-state index in [2.05, 4.69) is 59.6 Å². The van der Waals surface area contributed by atoms with Crippen molar-refractivity contribution in [3.63, 3.8) is 0 Å². The van der Waals surface area contributed by atoms with E-state index < -0.39 is 11.4 Å². The summed E-state index contributed by atoms with van der Waals surface area (Å²) in [6, 6.07) is 4.12. The lowest BCUT2D eigenvalue weighted by molar-refractivity contribution is -0.176. The van der Waals surface area contributed by atoms with Gasteiger partial charge in [0.25, 0.3) is 0 Å². The first-order valence-electron chi connectivity index (χ1n) is 15.9. The minimum absolute atomic E-state index is 0.0288. The molecule has 41 heavy (non-hydrogen) atoms. The Morgan fingerprint density at radius 2 is 1.78 bits per heavy atom. The maximum atomic E-state index is 13.2. The topological polar surface area (TPSA) is 105 Å². The summed E-state index contributed by atoms with van der Waals surface area (Å²) in [5.41, 5.74) is 11.0. The molecular formula is C35H49N3O3. The molecule has 7 rings (SSSR count). The molecule has 4 N–H and O–H groups in total. The molecule has 5 aliphatic rings. The van der Waals surface area contributed by atoms with Crippen LogP contribution in [0.1, 0.15) is 117 Å². The van der Waals surface area contributed by atoms with E-state index in [0.717, 1.165) is 75.1 Å². The van der Waals surface area contributed by atoms with Crippen molar-refractivity contribution in [1.29, 1.82) is 0 Å². The number of carboxylic acid groups (broad SMARTS) is 1. The number of aromatic amines is 1. The first kappa shape index (κ1) is 27.3. The number of aromatic nitrogens is 2. The van der Waals surface area contributed by atoms with Crippen molar-refractivity contribution in [2.75, 3.05) is 5.73 Å². The number of anilines is 1. The molecule has 0 spiro atoms. The maximum absolute atomic E-state index is 13.2. The van der Waals surface area contributed by atoms with Crippen molar-refractivity contribution in [2.24, 2.45) is 44.8 Å². The number of carboxylic acids is 1. The SMILES string of the molecule is CC1(C)CCC2(C(=O)O)CCC3(C)C(=C(c4ccco4)CC4C5(C)Cc6c(n[nH]c6N)C(C)(C)C5CCC43C)C2C1. The molecule has 222 valence electrons. The van der Waals surface area contributed by atoms with Gasteiger partial charge >= 0.3 is 5.97 Å². The number of rotatable bonds is 2. The number of fused-ring (bicyclic) bond motifs is 8. The number of aliphatic carboxylic acids is 1. The summed E-state index contributed by atoms with van der Waals surface area (Å²) in [4.78, 5) is 13.2. The van der Waals surface area contributed by atoms with Gasteiger partial charge < -0.3 is 15.3 Å². The quantitative estimate of drug-likeness (QED) is 0.346. The van der Waals surface area contributed by atoms with Gasteiger partial charge in [-0.15, -0.1) is 0 Å². The van der Waals surface area contributed by atoms with E-state index in [9.17, 15) is 9.90 Å². The molecule has 6 nitrogen and oxygen atoms in total. The smallest absolute Gasteiger partial charge is 0.310 e. The summed E-state index contributed by atoms with van der Waals surface area (Å²) in [7, 11) is 0. The lowest BCUT2D eigenvalue weighted by atomic mass is 9.33. The Morgan fingerprint density at radius 3 is 2.46 bits per heavy atom. The summed E-state index contributed by atoms with van der Waals surface area (Å²) < 4.78 is 6.24. The molecule has 2 aromatic heterocycles. The van der Waals surface area contributed by atoms with Gasteiger partial charge in [-0.3, -0.25) is 9.89 Å². The lowest BCUT2D eigenvalue weighted by Crippen LogP contribution is -2.65. The minimum atomic E-state index is -0.681. The number of nitrogens with two attached hydrogens (primary N) is 1. The zero-order valence-corrected chi connectivity index (χ0v) is 26.1. The summed E-state index contributed by atoms with van der Waals surface area (Å²) in [5.74, 6) is 2.01. The van der Waals surface area contributed by atoms with Gasteiger partial charge in [-0.05, 0) is 115 Å². The van der Waals surface area contributed by atoms with Gasteiger partial charge in [-0.2, -0.15) is 5.10 Å². The molecule has 0 aromatic carbocycles. The molecule has 7 unspecified atom stereocenters. The molecule has 3 saturated carbocycles. The number of H-pyrrole nitrogens is 1. The number of allylic oxidation sites excluding steroid dienone is 2. The zero-order chi connectivity index (χ0) is 29.4. The monoisotopic (exact) mass is 559 g/mol. The number of carbonyl (C=O) groups is 1. The average Bonchev–Trinajstić information content (AvgIpc) is 3.54. The number of hydrogen-bond donors (Lipinski definition) is 3. The van der Waals surface area contributed by atoms with Crippen molar-refractivity contribution in [3.05, 3.63) is 41.0 Å². The van der Waals surface area contributed by atoms with E-state index in [1.807, 2.05) is 6.07 Å². The summed E-state index contributed by atoms with van der Waals surface area (Å²) >= 11 is 0. The molecule has 0 amide bonds. The van der Waals surface area contributed by atoms with Gasteiger partial charge in [-0.1, -0.05) is 54.0 Å². The highest BCUT2D eigenvalue weighted by Gasteiger charge is 2.70. The van der Waals surface area contributed by atoms with Gasteiger partial charge in [0.15, 0.2) is 0 Å². The first-order chi connectivity index (χ1) is 19.1. The molecule has 3 fully saturated rings. The third-order valence-electron chi connectivity index (χ3n) is 14.2. The third kappa shape index (κ3) is 3.25. The highest BCUT2D eigenvalue weighted by atomic mass is 16.4. The number of furan rings is 1. The van der Waals surface area contributed by atoms with Gasteiger partial charge in [0, 0.05) is 11.0 Å². The molecule has 0 bridgehead atoms. The average molecular weight is 560 g/mol. The fraction of sp³-hybridized carbons (Fsp3) is 0.714. The van der Waals surface area contributed by atoms with Crippen LogP contribution < -0.4 is 5.73 Å². The zero-order valence-electron chi connectivity index (χ0n) is 26.1. The van der Waals surface area contributed by atoms with Gasteiger partial charge in [0.2, 0.25) is 0 Å². The molecule has 6 heteroatoms. The van der Waals surface area contributed by atoms with Crippen LogP contribution in [0, 0.1) is 44.8 Å². The van der Waals surface area contributed by atoms with Crippen molar-refractivity contribution >= 4 is 17.4 Å². The molecule has 0 saturated heterocycles. The fourth-order valence-electron chi connectivity index (χ4n) is 11.9. The molecule has 5 aliphatic carbocycles. The molecule has 0 aliphatic heterocycles. The maximum Gasteiger partial charge on any atom is 0.310 e. The summed E-state index contributed by atoms with van der Waals surface area (Å²) in [6.07, 6.45) is 10.3. The Hall–Kier alpha value is -2.50. The second-order valence-electron chi connectivity index (χ2n) is 16.7. The van der Waals surface area contributed by atoms with Crippen molar-refractivity contribution in [1.82, 2.24) is 10.2 Å². The van der Waals surface area contributed by atoms with Crippen LogP contribution in [0.25, 0.3) is 5.57 Å². The second kappa shape index (κ2) is 8.11. The highest BCUT2D eigenvalue weighted by Crippen LogP contribution is 2.77. The molecule has 2 aromatic rings. The third-order valence-corrected chi connectivity index (χ3v) is 14.2.